The van der Waals surface area contributed by atoms with Crippen molar-refractivity contribution in [2.75, 3.05) is 19.7 Å². The third-order valence-corrected chi connectivity index (χ3v) is 6.30. The summed E-state index contributed by atoms with van der Waals surface area (Å²) in [4.78, 5) is 2.46. The van der Waals surface area contributed by atoms with Crippen molar-refractivity contribution in [1.82, 2.24) is 4.90 Å². The van der Waals surface area contributed by atoms with Crippen LogP contribution in [0, 0.1) is 0 Å². The summed E-state index contributed by atoms with van der Waals surface area (Å²) in [5.74, 6) is 0. The molecule has 2 heterocycles. The van der Waals surface area contributed by atoms with Crippen LogP contribution in [-0.4, -0.2) is 52.0 Å². The molecule has 3 atom stereocenters. The molecule has 1 N–H and O–H groups in total. The number of allylic oxidation sites excluding steroid dienone is 2. The Morgan fingerprint density at radius 1 is 1.29 bits per heavy atom. The molecule has 3 aliphatic rings. The van der Waals surface area contributed by atoms with Crippen LogP contribution in [0.15, 0.2) is 21.8 Å². The second-order valence-electron chi connectivity index (χ2n) is 6.23. The van der Waals surface area contributed by atoms with Gasteiger partial charge in [0.25, 0.3) is 0 Å². The summed E-state index contributed by atoms with van der Waals surface area (Å²) >= 11 is 0.187. The Balaban J connectivity index is 1.49. The number of β-amino-alcohol motifs (C(OH)–C–C–N with tert-alkyl or cyclic N) is 1. The van der Waals surface area contributed by atoms with Crippen LogP contribution in [0.1, 0.15) is 38.5 Å². The second kappa shape index (κ2) is 7.99. The van der Waals surface area contributed by atoms with Crippen molar-refractivity contribution in [2.45, 2.75) is 56.8 Å². The summed E-state index contributed by atoms with van der Waals surface area (Å²) in [6.07, 6.45) is 11.8. The van der Waals surface area contributed by atoms with Gasteiger partial charge in [-0.2, -0.15) is 0 Å². The lowest BCUT2D eigenvalue weighted by molar-refractivity contribution is -0.0314. The standard InChI is InChI=1S/C17H26INO2/c20-15-7-11-19(13-15)16-3-1-2-4-17(16)21-12-8-14-5-9-18-10-6-14/h5-6,9-10,15-17,20H,1-4,7-8,11-13H2/t15-,16+,17+/m0/s1. The van der Waals surface area contributed by atoms with Crippen molar-refractivity contribution < 1.29 is 9.84 Å². The molecule has 2 fully saturated rings. The van der Waals surface area contributed by atoms with Gasteiger partial charge >= 0.3 is 0 Å². The predicted molar refractivity (Wildman–Crippen MR) is 96.1 cm³/mol. The highest BCUT2D eigenvalue weighted by atomic mass is 127. The fraction of sp³-hybridized carbons (Fsp3) is 0.706. The van der Waals surface area contributed by atoms with Crippen molar-refractivity contribution in [3.63, 3.8) is 0 Å². The van der Waals surface area contributed by atoms with Gasteiger partial charge in [0.15, 0.2) is 0 Å². The number of aliphatic hydroxyl groups is 1. The Kier molecular flexibility index (Phi) is 6.03. The van der Waals surface area contributed by atoms with E-state index in [1.165, 1.54) is 31.3 Å². The van der Waals surface area contributed by atoms with E-state index in [1.54, 1.807) is 0 Å². The SMILES string of the molecule is O[C@H]1CCN([C@@H]2CCCC[C@H]2OCCC2=CC=IC=C2)C1. The molecule has 3 rings (SSSR count). The molecule has 3 nitrogen and oxygen atoms in total. The van der Waals surface area contributed by atoms with Gasteiger partial charge in [-0.15, -0.1) is 0 Å². The molecule has 0 radical (unpaired) electrons. The summed E-state index contributed by atoms with van der Waals surface area (Å²) in [6.45, 7) is 2.72. The van der Waals surface area contributed by atoms with Crippen molar-refractivity contribution in [1.29, 1.82) is 0 Å². The Morgan fingerprint density at radius 3 is 2.95 bits per heavy atom. The Morgan fingerprint density at radius 2 is 2.19 bits per heavy atom. The number of hydrogen-bond donors (Lipinski definition) is 1. The van der Waals surface area contributed by atoms with E-state index in [1.807, 2.05) is 0 Å². The van der Waals surface area contributed by atoms with Crippen molar-refractivity contribution in [3.8, 4) is 0 Å². The fourth-order valence-corrected chi connectivity index (χ4v) is 5.16. The first-order valence-corrected chi connectivity index (χ1v) is 10.7. The number of rotatable bonds is 5. The molecule has 0 amide bonds. The van der Waals surface area contributed by atoms with Gasteiger partial charge in [-0.1, -0.05) is 45.7 Å². The van der Waals surface area contributed by atoms with E-state index in [-0.39, 0.29) is 26.8 Å². The lowest BCUT2D eigenvalue weighted by Crippen LogP contribution is -2.46. The first-order valence-electron chi connectivity index (χ1n) is 8.17. The number of likely N-dealkylation sites (tertiary alicyclic amines) is 1. The number of halogens is 1. The van der Waals surface area contributed by atoms with Crippen LogP contribution in [0.25, 0.3) is 0 Å². The maximum atomic E-state index is 9.76. The number of ether oxygens (including phenoxy) is 1. The fourth-order valence-electron chi connectivity index (χ4n) is 3.59. The first kappa shape index (κ1) is 15.8. The highest BCUT2D eigenvalue weighted by Gasteiger charge is 2.34. The Hall–Kier alpha value is -0.0400. The monoisotopic (exact) mass is 403 g/mol. The lowest BCUT2D eigenvalue weighted by Gasteiger charge is -2.37. The average Bonchev–Trinajstić information content (AvgIpc) is 2.95. The zero-order valence-electron chi connectivity index (χ0n) is 12.6. The summed E-state index contributed by atoms with van der Waals surface area (Å²) in [5.41, 5.74) is 1.41. The van der Waals surface area contributed by atoms with Gasteiger partial charge in [0, 0.05) is 19.1 Å². The summed E-state index contributed by atoms with van der Waals surface area (Å²) < 4.78 is 10.9. The van der Waals surface area contributed by atoms with E-state index in [0.29, 0.717) is 12.1 Å². The van der Waals surface area contributed by atoms with Crippen LogP contribution in [0.5, 0.6) is 0 Å². The van der Waals surface area contributed by atoms with Crippen LogP contribution in [0.3, 0.4) is 0 Å². The molecule has 1 saturated carbocycles. The number of aliphatic hydroxyl groups excluding tert-OH is 1. The van der Waals surface area contributed by atoms with Crippen molar-refractivity contribution >= 4 is 24.7 Å². The van der Waals surface area contributed by atoms with E-state index in [0.717, 1.165) is 32.5 Å². The zero-order valence-corrected chi connectivity index (χ0v) is 14.7. The highest BCUT2D eigenvalue weighted by Crippen LogP contribution is 2.28. The van der Waals surface area contributed by atoms with E-state index in [9.17, 15) is 5.11 Å². The van der Waals surface area contributed by atoms with Gasteiger partial charge in [-0.25, -0.2) is 0 Å². The molecule has 0 bridgehead atoms. The molecule has 0 aromatic heterocycles. The smallest absolute Gasteiger partial charge is 0.0730 e. The van der Waals surface area contributed by atoms with Gasteiger partial charge in [0.2, 0.25) is 0 Å². The second-order valence-corrected chi connectivity index (χ2v) is 8.39. The third-order valence-electron chi connectivity index (χ3n) is 4.75. The highest BCUT2D eigenvalue weighted by molar-refractivity contribution is 14.2. The Bertz CT molecular complexity index is 433. The third kappa shape index (κ3) is 4.47. The van der Waals surface area contributed by atoms with E-state index in [4.69, 9.17) is 4.74 Å². The molecule has 21 heavy (non-hydrogen) atoms. The molecule has 0 unspecified atom stereocenters. The van der Waals surface area contributed by atoms with Gasteiger partial charge < -0.3 is 9.84 Å². The summed E-state index contributed by atoms with van der Waals surface area (Å²) in [6, 6.07) is 0.532. The zero-order chi connectivity index (χ0) is 14.5. The normalized spacial score (nSPS) is 33.8. The molecule has 0 aromatic carbocycles. The molecule has 118 valence electrons. The largest absolute Gasteiger partial charge is 0.392 e. The van der Waals surface area contributed by atoms with Crippen LogP contribution in [0.2, 0.25) is 0 Å². The minimum atomic E-state index is -0.121. The molecule has 0 aromatic rings. The van der Waals surface area contributed by atoms with Crippen LogP contribution < -0.4 is 0 Å². The predicted octanol–water partition coefficient (Wildman–Crippen LogP) is 3.00. The van der Waals surface area contributed by atoms with Crippen molar-refractivity contribution in [3.05, 3.63) is 21.8 Å². The van der Waals surface area contributed by atoms with E-state index < -0.39 is 0 Å². The average molecular weight is 403 g/mol. The summed E-state index contributed by atoms with van der Waals surface area (Å²) in [7, 11) is 0. The minimum absolute atomic E-state index is 0.121. The number of hydrogen-bond acceptors (Lipinski definition) is 3. The molecule has 2 aliphatic heterocycles. The molecular formula is C17H26INO2. The molecule has 1 saturated heterocycles. The van der Waals surface area contributed by atoms with Crippen LogP contribution in [-0.2, 0) is 4.74 Å². The maximum absolute atomic E-state index is 9.76. The maximum Gasteiger partial charge on any atom is 0.0730 e. The van der Waals surface area contributed by atoms with Gasteiger partial charge in [-0.05, 0) is 39.4 Å². The van der Waals surface area contributed by atoms with Gasteiger partial charge in [-0.3, -0.25) is 4.90 Å². The van der Waals surface area contributed by atoms with Crippen molar-refractivity contribution in [2.24, 2.45) is 0 Å². The van der Waals surface area contributed by atoms with E-state index >= 15 is 0 Å². The van der Waals surface area contributed by atoms with Gasteiger partial charge in [0.05, 0.1) is 18.8 Å². The lowest BCUT2D eigenvalue weighted by atomic mass is 9.91. The molecule has 1 aliphatic carbocycles. The van der Waals surface area contributed by atoms with Gasteiger partial charge in [0.1, 0.15) is 0 Å². The Labute approximate surface area is 137 Å². The molecule has 4 heteroatoms. The quantitative estimate of drug-likeness (QED) is 0.717. The van der Waals surface area contributed by atoms with E-state index in [2.05, 4.69) is 25.1 Å². The van der Waals surface area contributed by atoms with Crippen LogP contribution in [0.4, 0.5) is 0 Å². The first-order chi connectivity index (χ1) is 10.3. The minimum Gasteiger partial charge on any atom is -0.392 e. The molecule has 0 spiro atoms. The summed E-state index contributed by atoms with van der Waals surface area (Å²) in [5, 5.41) is 9.76. The topological polar surface area (TPSA) is 32.7 Å². The molecular weight excluding hydrogens is 377 g/mol. The van der Waals surface area contributed by atoms with Crippen LogP contribution >= 0.6 is 20.7 Å². The number of nitrogens with zero attached hydrogens (tertiary/aromatic N) is 1.